The maximum absolute atomic E-state index is 12.4. The Morgan fingerprint density at radius 1 is 1.39 bits per heavy atom. The Morgan fingerprint density at radius 3 is 2.61 bits per heavy atom. The second kappa shape index (κ2) is 15.0. The first-order valence-corrected chi connectivity index (χ1v) is 11.1. The molecule has 0 saturated carbocycles. The Balaban J connectivity index is 0.000000710. The van der Waals surface area contributed by atoms with Crippen molar-refractivity contribution < 1.29 is 37.0 Å². The molecular weight excluding hydrogens is 485 g/mol. The third kappa shape index (κ3) is 10.6. The average Bonchev–Trinajstić information content (AvgIpc) is 3.54. The van der Waals surface area contributed by atoms with Crippen LogP contribution in [0.1, 0.15) is 55.2 Å². The van der Waals surface area contributed by atoms with Crippen LogP contribution in [0.3, 0.4) is 0 Å². The Kier molecular flexibility index (Phi) is 12.8. The fraction of sp³-hybridized carbons (Fsp3) is 0.545. The molecule has 0 aliphatic carbocycles. The summed E-state index contributed by atoms with van der Waals surface area (Å²) >= 11 is 0. The number of nitrogens with one attached hydrogen (secondary N) is 3. The molecule has 0 radical (unpaired) electrons. The predicted molar refractivity (Wildman–Crippen MR) is 125 cm³/mol. The fourth-order valence-electron chi connectivity index (χ4n) is 2.91. The van der Waals surface area contributed by atoms with E-state index in [4.69, 9.17) is 9.47 Å². The number of carbonyl (C=O) groups is 2. The van der Waals surface area contributed by atoms with Gasteiger partial charge in [0.1, 0.15) is 18.4 Å². The van der Waals surface area contributed by atoms with Gasteiger partial charge in [0.2, 0.25) is 6.41 Å². The van der Waals surface area contributed by atoms with Gasteiger partial charge in [-0.3, -0.25) is 19.4 Å². The molecule has 1 fully saturated rings. The Bertz CT molecular complexity index is 976. The first-order valence-electron chi connectivity index (χ1n) is 11.1. The molecule has 14 heteroatoms. The number of carbonyl (C=O) groups excluding carboxylic acids is 2. The number of ether oxygens (including phenoxy) is 3. The highest BCUT2D eigenvalue weighted by atomic mass is 19.4. The number of anilines is 1. The molecule has 36 heavy (non-hydrogen) atoms. The Hall–Kier alpha value is -3.23. The zero-order valence-electron chi connectivity index (χ0n) is 20.9. The van der Waals surface area contributed by atoms with Crippen molar-refractivity contribution in [2.75, 3.05) is 25.6 Å². The van der Waals surface area contributed by atoms with Crippen LogP contribution in [0, 0.1) is 0 Å². The van der Waals surface area contributed by atoms with E-state index >= 15 is 0 Å². The standard InChI is InChI=1S/C16H20F3N5O4.C4H7NO.C2H6/c1-24-12(3-9(23-24)6-27-8-16(17,18)19)15(25)20-14-5-11(21-22-14)13-4-10(26-2)7-28-13;1-4(2)5-3-6;1-2/h3,5,10,13H,4,6-8H2,1-2H3,(H2,20,21,22,25);3H,1H2,2H3,(H,5,6);1-2H3. The van der Waals surface area contributed by atoms with E-state index in [9.17, 15) is 22.8 Å². The molecule has 202 valence electrons. The number of aryl methyl sites for hydroxylation is 1. The smallest absolute Gasteiger partial charge is 0.379 e. The molecule has 1 aliphatic heterocycles. The monoisotopic (exact) mass is 518 g/mol. The van der Waals surface area contributed by atoms with E-state index in [0.717, 1.165) is 0 Å². The highest BCUT2D eigenvalue weighted by Gasteiger charge is 2.29. The van der Waals surface area contributed by atoms with Crippen LogP contribution < -0.4 is 10.6 Å². The van der Waals surface area contributed by atoms with Crippen molar-refractivity contribution in [2.24, 2.45) is 7.05 Å². The minimum Gasteiger partial charge on any atom is -0.379 e. The molecule has 0 spiro atoms. The lowest BCUT2D eigenvalue weighted by molar-refractivity contribution is -0.176. The molecule has 1 aliphatic rings. The number of allylic oxidation sites excluding steroid dienone is 1. The lowest BCUT2D eigenvalue weighted by Gasteiger charge is -2.05. The predicted octanol–water partition coefficient (Wildman–Crippen LogP) is 3.24. The van der Waals surface area contributed by atoms with Crippen molar-refractivity contribution in [3.05, 3.63) is 41.5 Å². The Labute approximate surface area is 207 Å². The number of nitrogens with zero attached hydrogens (tertiary/aromatic N) is 3. The number of hydrogen-bond donors (Lipinski definition) is 3. The summed E-state index contributed by atoms with van der Waals surface area (Å²) in [5.41, 5.74) is 1.75. The summed E-state index contributed by atoms with van der Waals surface area (Å²) in [5.74, 6) is -0.210. The van der Waals surface area contributed by atoms with Crippen molar-refractivity contribution in [1.29, 1.82) is 0 Å². The second-order valence-electron chi connectivity index (χ2n) is 7.37. The summed E-state index contributed by atoms with van der Waals surface area (Å²) in [6.07, 6.45) is -3.33. The van der Waals surface area contributed by atoms with Crippen LogP contribution in [0.5, 0.6) is 0 Å². The zero-order chi connectivity index (χ0) is 27.3. The van der Waals surface area contributed by atoms with Crippen molar-refractivity contribution in [3.63, 3.8) is 0 Å². The highest BCUT2D eigenvalue weighted by molar-refractivity contribution is 6.02. The first-order chi connectivity index (χ1) is 17.0. The molecule has 11 nitrogen and oxygen atoms in total. The molecular formula is C22H33F3N6O5. The van der Waals surface area contributed by atoms with Crippen LogP contribution in [-0.2, 0) is 32.7 Å². The molecule has 2 aromatic heterocycles. The average molecular weight is 519 g/mol. The lowest BCUT2D eigenvalue weighted by atomic mass is 10.1. The maximum atomic E-state index is 12.4. The number of methoxy groups -OCH3 is 1. The van der Waals surface area contributed by atoms with Crippen LogP contribution in [0.4, 0.5) is 19.0 Å². The van der Waals surface area contributed by atoms with Gasteiger partial charge >= 0.3 is 6.18 Å². The van der Waals surface area contributed by atoms with Crippen molar-refractivity contribution >= 4 is 18.1 Å². The van der Waals surface area contributed by atoms with Gasteiger partial charge in [0.15, 0.2) is 5.82 Å². The first kappa shape index (κ1) is 30.8. The number of H-pyrrole nitrogens is 1. The van der Waals surface area contributed by atoms with E-state index in [2.05, 4.69) is 37.2 Å². The zero-order valence-corrected chi connectivity index (χ0v) is 20.9. The molecule has 3 rings (SSSR count). The minimum atomic E-state index is -4.42. The molecule has 3 N–H and O–H groups in total. The van der Waals surface area contributed by atoms with Gasteiger partial charge in [-0.15, -0.1) is 0 Å². The van der Waals surface area contributed by atoms with Crippen LogP contribution >= 0.6 is 0 Å². The SMILES string of the molecule is C=C(C)NC=O.CC.COC1COC(c2cc(NC(=O)c3cc(COCC(F)(F)F)nn3C)n[nH]2)C1. The van der Waals surface area contributed by atoms with E-state index < -0.39 is 18.7 Å². The van der Waals surface area contributed by atoms with E-state index in [1.165, 1.54) is 17.8 Å². The topological polar surface area (TPSA) is 132 Å². The molecule has 2 unspecified atom stereocenters. The van der Waals surface area contributed by atoms with Crippen LogP contribution in [0.2, 0.25) is 0 Å². The number of amides is 2. The number of halogens is 3. The Morgan fingerprint density at radius 2 is 2.08 bits per heavy atom. The van der Waals surface area contributed by atoms with Gasteiger partial charge in [-0.25, -0.2) is 0 Å². The fourth-order valence-corrected chi connectivity index (χ4v) is 2.91. The van der Waals surface area contributed by atoms with Crippen LogP contribution in [-0.4, -0.2) is 64.9 Å². The quantitative estimate of drug-likeness (QED) is 0.434. The number of hydrogen-bond acceptors (Lipinski definition) is 7. The van der Waals surface area contributed by atoms with Gasteiger partial charge in [-0.1, -0.05) is 20.4 Å². The van der Waals surface area contributed by atoms with Gasteiger partial charge in [-0.05, 0) is 13.0 Å². The van der Waals surface area contributed by atoms with Crippen LogP contribution in [0.15, 0.2) is 24.4 Å². The third-order valence-corrected chi connectivity index (χ3v) is 4.46. The van der Waals surface area contributed by atoms with E-state index in [-0.39, 0.29) is 30.2 Å². The van der Waals surface area contributed by atoms with Gasteiger partial charge < -0.3 is 24.8 Å². The van der Waals surface area contributed by atoms with Gasteiger partial charge in [0, 0.05) is 32.3 Å². The molecule has 2 amide bonds. The number of alkyl halides is 3. The summed E-state index contributed by atoms with van der Waals surface area (Å²) in [6.45, 7) is 7.87. The van der Waals surface area contributed by atoms with E-state index in [0.29, 0.717) is 36.6 Å². The maximum Gasteiger partial charge on any atom is 0.411 e. The van der Waals surface area contributed by atoms with Gasteiger partial charge in [-0.2, -0.15) is 23.4 Å². The molecule has 0 bridgehead atoms. The molecule has 2 atom stereocenters. The number of rotatable bonds is 9. The molecule has 3 heterocycles. The number of aromatic nitrogens is 4. The minimum absolute atomic E-state index is 0.0127. The van der Waals surface area contributed by atoms with E-state index in [1.807, 2.05) is 13.8 Å². The second-order valence-corrected chi connectivity index (χ2v) is 7.37. The molecule has 2 aromatic rings. The van der Waals surface area contributed by atoms with Crippen molar-refractivity contribution in [1.82, 2.24) is 25.3 Å². The van der Waals surface area contributed by atoms with E-state index in [1.54, 1.807) is 20.1 Å². The van der Waals surface area contributed by atoms with Gasteiger partial charge in [0.25, 0.3) is 5.91 Å². The van der Waals surface area contributed by atoms with Crippen LogP contribution in [0.25, 0.3) is 0 Å². The molecule has 0 aromatic carbocycles. The number of aromatic amines is 1. The normalized spacial score (nSPS) is 16.8. The third-order valence-electron chi connectivity index (χ3n) is 4.46. The summed E-state index contributed by atoms with van der Waals surface area (Å²) in [6, 6.07) is 3.02. The lowest BCUT2D eigenvalue weighted by Crippen LogP contribution is -2.16. The van der Waals surface area contributed by atoms with Crippen molar-refractivity contribution in [2.45, 2.75) is 52.2 Å². The largest absolute Gasteiger partial charge is 0.411 e. The summed E-state index contributed by atoms with van der Waals surface area (Å²) in [7, 11) is 3.13. The highest BCUT2D eigenvalue weighted by Crippen LogP contribution is 2.29. The van der Waals surface area contributed by atoms with Gasteiger partial charge in [0.05, 0.1) is 30.7 Å². The summed E-state index contributed by atoms with van der Waals surface area (Å²) in [5, 5.41) is 15.8. The van der Waals surface area contributed by atoms with Crippen molar-refractivity contribution in [3.8, 4) is 0 Å². The summed E-state index contributed by atoms with van der Waals surface area (Å²) in [4.78, 5) is 21.9. The summed E-state index contributed by atoms with van der Waals surface area (Å²) < 4.78 is 53.1. The molecule has 1 saturated heterocycles.